The normalized spacial score (nSPS) is 17.8. The summed E-state index contributed by atoms with van der Waals surface area (Å²) >= 11 is 0. The van der Waals surface area contributed by atoms with Crippen molar-refractivity contribution in [3.05, 3.63) is 0 Å². The zero-order valence-electron chi connectivity index (χ0n) is 8.94. The molecule has 5 heteroatoms. The number of piperidine rings is 1. The minimum Gasteiger partial charge on any atom is -0.481 e. The fourth-order valence-corrected chi connectivity index (χ4v) is 1.75. The highest BCUT2D eigenvalue weighted by Gasteiger charge is 2.23. The van der Waals surface area contributed by atoms with Crippen molar-refractivity contribution in [3.8, 4) is 0 Å². The van der Waals surface area contributed by atoms with Gasteiger partial charge in [0.15, 0.2) is 0 Å². The van der Waals surface area contributed by atoms with E-state index in [0.29, 0.717) is 19.7 Å². The van der Waals surface area contributed by atoms with Crippen LogP contribution in [0.1, 0.15) is 26.2 Å². The van der Waals surface area contributed by atoms with Gasteiger partial charge in [-0.2, -0.15) is 0 Å². The molecule has 5 nitrogen and oxygen atoms in total. The topological polar surface area (TPSA) is 66.8 Å². The Kier molecular flexibility index (Phi) is 4.55. The molecule has 0 spiro atoms. The summed E-state index contributed by atoms with van der Waals surface area (Å²) in [6, 6.07) is 0. The van der Waals surface area contributed by atoms with Gasteiger partial charge in [-0.05, 0) is 19.8 Å². The summed E-state index contributed by atoms with van der Waals surface area (Å²) in [4.78, 5) is 23.3. The molecule has 1 saturated heterocycles. The molecule has 1 rings (SSSR count). The average molecular weight is 215 g/mol. The third-order valence-corrected chi connectivity index (χ3v) is 2.50. The quantitative estimate of drug-likeness (QED) is 0.693. The van der Waals surface area contributed by atoms with Gasteiger partial charge in [0.05, 0.1) is 6.10 Å². The largest absolute Gasteiger partial charge is 0.481 e. The van der Waals surface area contributed by atoms with Crippen LogP contribution < -0.4 is 0 Å². The maximum atomic E-state index is 11.4. The molecule has 0 radical (unpaired) electrons. The maximum absolute atomic E-state index is 11.4. The van der Waals surface area contributed by atoms with Crippen molar-refractivity contribution >= 4 is 11.9 Å². The number of aliphatic carboxylic acids is 1. The van der Waals surface area contributed by atoms with Gasteiger partial charge < -0.3 is 14.7 Å². The van der Waals surface area contributed by atoms with Gasteiger partial charge in [0, 0.05) is 19.7 Å². The van der Waals surface area contributed by atoms with E-state index in [1.54, 1.807) is 4.90 Å². The van der Waals surface area contributed by atoms with Crippen molar-refractivity contribution < 1.29 is 19.4 Å². The zero-order valence-corrected chi connectivity index (χ0v) is 8.94. The summed E-state index contributed by atoms with van der Waals surface area (Å²) in [5, 5.41) is 8.48. The van der Waals surface area contributed by atoms with Crippen molar-refractivity contribution in [1.82, 2.24) is 4.90 Å². The highest BCUT2D eigenvalue weighted by molar-refractivity contribution is 5.93. The van der Waals surface area contributed by atoms with Gasteiger partial charge in [-0.25, -0.2) is 0 Å². The van der Waals surface area contributed by atoms with Crippen molar-refractivity contribution in [2.45, 2.75) is 32.3 Å². The van der Waals surface area contributed by atoms with Gasteiger partial charge in [-0.3, -0.25) is 9.59 Å². The van der Waals surface area contributed by atoms with Crippen LogP contribution in [-0.4, -0.2) is 47.7 Å². The highest BCUT2D eigenvalue weighted by atomic mass is 16.5. The standard InChI is InChI=1S/C10H17NO4/c1-2-15-8-3-5-11(6-4-8)9(12)7-10(13)14/h8H,2-7H2,1H3,(H,13,14). The van der Waals surface area contributed by atoms with Gasteiger partial charge >= 0.3 is 5.97 Å². The molecule has 0 aromatic rings. The lowest BCUT2D eigenvalue weighted by atomic mass is 10.1. The third-order valence-electron chi connectivity index (χ3n) is 2.50. The Morgan fingerprint density at radius 2 is 2.00 bits per heavy atom. The molecule has 86 valence electrons. The molecule has 0 atom stereocenters. The second kappa shape index (κ2) is 5.70. The Balaban J connectivity index is 2.30. The molecule has 15 heavy (non-hydrogen) atoms. The fourth-order valence-electron chi connectivity index (χ4n) is 1.75. The minimum absolute atomic E-state index is 0.226. The molecular weight excluding hydrogens is 198 g/mol. The van der Waals surface area contributed by atoms with Crippen molar-refractivity contribution in [2.24, 2.45) is 0 Å². The van der Waals surface area contributed by atoms with Crippen LogP contribution in [0, 0.1) is 0 Å². The monoisotopic (exact) mass is 215 g/mol. The lowest BCUT2D eigenvalue weighted by molar-refractivity contribution is -0.145. The van der Waals surface area contributed by atoms with Gasteiger partial charge in [0.1, 0.15) is 6.42 Å². The van der Waals surface area contributed by atoms with Crippen LogP contribution in [-0.2, 0) is 14.3 Å². The van der Waals surface area contributed by atoms with Crippen LogP contribution in [0.4, 0.5) is 0 Å². The average Bonchev–Trinajstić information content (AvgIpc) is 2.18. The number of nitrogens with zero attached hydrogens (tertiary/aromatic N) is 1. The summed E-state index contributed by atoms with van der Waals surface area (Å²) in [5.74, 6) is -1.36. The van der Waals surface area contributed by atoms with Crippen molar-refractivity contribution in [1.29, 1.82) is 0 Å². The summed E-state index contributed by atoms with van der Waals surface area (Å²) in [7, 11) is 0. The first kappa shape index (κ1) is 12.0. The lowest BCUT2D eigenvalue weighted by Crippen LogP contribution is -2.41. The predicted molar refractivity (Wildman–Crippen MR) is 53.5 cm³/mol. The van der Waals surface area contributed by atoms with Gasteiger partial charge in [0.25, 0.3) is 0 Å². The Morgan fingerprint density at radius 3 is 2.47 bits per heavy atom. The summed E-state index contributed by atoms with van der Waals surface area (Å²) in [6.45, 7) is 3.85. The van der Waals surface area contributed by atoms with E-state index in [4.69, 9.17) is 9.84 Å². The van der Waals surface area contributed by atoms with Crippen LogP contribution in [0.2, 0.25) is 0 Å². The van der Waals surface area contributed by atoms with Gasteiger partial charge in [-0.1, -0.05) is 0 Å². The molecule has 0 aliphatic carbocycles. The zero-order chi connectivity index (χ0) is 11.3. The Morgan fingerprint density at radius 1 is 1.40 bits per heavy atom. The van der Waals surface area contributed by atoms with Crippen LogP contribution in [0.5, 0.6) is 0 Å². The molecule has 0 saturated carbocycles. The number of ether oxygens (including phenoxy) is 1. The minimum atomic E-state index is -1.06. The first-order chi connectivity index (χ1) is 7.13. The van der Waals surface area contributed by atoms with Crippen LogP contribution in [0.15, 0.2) is 0 Å². The predicted octanol–water partition coefficient (Wildman–Crippen LogP) is 0.489. The second-order valence-electron chi connectivity index (χ2n) is 3.61. The molecular formula is C10H17NO4. The first-order valence-corrected chi connectivity index (χ1v) is 5.24. The number of carbonyl (C=O) groups excluding carboxylic acids is 1. The molecule has 1 heterocycles. The number of hydrogen-bond donors (Lipinski definition) is 1. The van der Waals surface area contributed by atoms with Gasteiger partial charge in [0.2, 0.25) is 5.91 Å². The number of carboxylic acid groups (broad SMARTS) is 1. The molecule has 0 unspecified atom stereocenters. The summed E-state index contributed by atoms with van der Waals surface area (Å²) in [6.07, 6.45) is 1.43. The van der Waals surface area contributed by atoms with Crippen LogP contribution >= 0.6 is 0 Å². The van der Waals surface area contributed by atoms with Crippen molar-refractivity contribution in [3.63, 3.8) is 0 Å². The first-order valence-electron chi connectivity index (χ1n) is 5.24. The number of likely N-dealkylation sites (tertiary alicyclic amines) is 1. The van der Waals surface area contributed by atoms with Crippen LogP contribution in [0.3, 0.4) is 0 Å². The SMILES string of the molecule is CCOC1CCN(C(=O)CC(=O)O)CC1. The van der Waals surface area contributed by atoms with E-state index >= 15 is 0 Å². The molecule has 1 amide bonds. The smallest absolute Gasteiger partial charge is 0.312 e. The lowest BCUT2D eigenvalue weighted by Gasteiger charge is -2.31. The van der Waals surface area contributed by atoms with E-state index in [9.17, 15) is 9.59 Å². The van der Waals surface area contributed by atoms with E-state index in [2.05, 4.69) is 0 Å². The Bertz CT molecular complexity index is 234. The number of hydrogen-bond acceptors (Lipinski definition) is 3. The number of rotatable bonds is 4. The molecule has 0 bridgehead atoms. The van der Waals surface area contributed by atoms with E-state index in [1.807, 2.05) is 6.92 Å². The molecule has 1 fully saturated rings. The third kappa shape index (κ3) is 3.87. The second-order valence-corrected chi connectivity index (χ2v) is 3.61. The van der Waals surface area contributed by atoms with E-state index < -0.39 is 12.4 Å². The number of carbonyl (C=O) groups is 2. The highest BCUT2D eigenvalue weighted by Crippen LogP contribution is 2.14. The van der Waals surface area contributed by atoms with Crippen molar-refractivity contribution in [2.75, 3.05) is 19.7 Å². The number of carboxylic acids is 1. The van der Waals surface area contributed by atoms with E-state index in [-0.39, 0.29) is 12.0 Å². The van der Waals surface area contributed by atoms with Crippen LogP contribution in [0.25, 0.3) is 0 Å². The van der Waals surface area contributed by atoms with Gasteiger partial charge in [-0.15, -0.1) is 0 Å². The summed E-state index contributed by atoms with van der Waals surface area (Å²) < 4.78 is 5.44. The maximum Gasteiger partial charge on any atom is 0.312 e. The molecule has 1 aliphatic heterocycles. The summed E-state index contributed by atoms with van der Waals surface area (Å²) in [5.41, 5.74) is 0. The van der Waals surface area contributed by atoms with E-state index in [0.717, 1.165) is 12.8 Å². The van der Waals surface area contributed by atoms with E-state index in [1.165, 1.54) is 0 Å². The Labute approximate surface area is 89.0 Å². The molecule has 1 N–H and O–H groups in total. The Hall–Kier alpha value is -1.10. The fraction of sp³-hybridized carbons (Fsp3) is 0.800. The molecule has 0 aromatic heterocycles. The number of amides is 1. The molecule has 1 aliphatic rings. The molecule has 0 aromatic carbocycles.